The van der Waals surface area contributed by atoms with Crippen LogP contribution < -0.4 is 11.1 Å². The average Bonchev–Trinajstić information content (AvgIpc) is 3.21. The van der Waals surface area contributed by atoms with E-state index in [4.69, 9.17) is 10.8 Å². The first-order chi connectivity index (χ1) is 9.02. The molecule has 0 radical (unpaired) electrons. The van der Waals surface area contributed by atoms with Crippen LogP contribution in [0.15, 0.2) is 12.1 Å². The summed E-state index contributed by atoms with van der Waals surface area (Å²) in [6.07, 6.45) is 4.92. The summed E-state index contributed by atoms with van der Waals surface area (Å²) in [5.74, 6) is -0.853. The van der Waals surface area contributed by atoms with Crippen LogP contribution in [-0.2, 0) is 0 Å². The average molecular weight is 264 g/mol. The van der Waals surface area contributed by atoms with Gasteiger partial charge in [0.1, 0.15) is 5.82 Å². The molecule has 2 aliphatic carbocycles. The fourth-order valence-corrected chi connectivity index (χ4v) is 2.77. The molecule has 0 saturated heterocycles. The molecule has 3 rings (SSSR count). The molecular weight excluding hydrogens is 247 g/mol. The first-order valence-corrected chi connectivity index (χ1v) is 6.58. The van der Waals surface area contributed by atoms with Gasteiger partial charge in [-0.3, -0.25) is 0 Å². The second-order valence-electron chi connectivity index (χ2n) is 5.71. The number of nitrogens with two attached hydrogens (primary N) is 1. The van der Waals surface area contributed by atoms with Crippen LogP contribution in [0.5, 0.6) is 0 Å². The Balaban J connectivity index is 1.76. The molecule has 0 heterocycles. The topological polar surface area (TPSA) is 75.3 Å². The van der Waals surface area contributed by atoms with E-state index in [2.05, 4.69) is 5.32 Å². The fraction of sp³-hybridized carbons (Fsp3) is 0.500. The smallest absolute Gasteiger partial charge is 0.337 e. The number of nitrogens with one attached hydrogen (secondary N) is 1. The van der Waals surface area contributed by atoms with Crippen LogP contribution in [0.4, 0.5) is 15.8 Å². The van der Waals surface area contributed by atoms with Crippen molar-refractivity contribution in [2.24, 2.45) is 11.3 Å². The van der Waals surface area contributed by atoms with Crippen molar-refractivity contribution in [2.45, 2.75) is 25.7 Å². The highest BCUT2D eigenvalue weighted by Crippen LogP contribution is 2.61. The maximum Gasteiger partial charge on any atom is 0.337 e. The first-order valence-electron chi connectivity index (χ1n) is 6.58. The van der Waals surface area contributed by atoms with E-state index in [0.717, 1.165) is 18.5 Å². The molecule has 102 valence electrons. The molecule has 1 aromatic rings. The Morgan fingerprint density at radius 1 is 1.47 bits per heavy atom. The second kappa shape index (κ2) is 4.11. The van der Waals surface area contributed by atoms with Gasteiger partial charge in [0.25, 0.3) is 0 Å². The largest absolute Gasteiger partial charge is 0.478 e. The lowest BCUT2D eigenvalue weighted by Gasteiger charge is -2.17. The molecule has 0 unspecified atom stereocenters. The van der Waals surface area contributed by atoms with Crippen molar-refractivity contribution < 1.29 is 14.3 Å². The third-order valence-corrected chi connectivity index (χ3v) is 4.34. The molecular formula is C14H17FN2O2. The zero-order chi connectivity index (χ0) is 13.6. The van der Waals surface area contributed by atoms with Crippen molar-refractivity contribution >= 4 is 17.3 Å². The number of nitrogen functional groups attached to an aromatic ring is 1. The van der Waals surface area contributed by atoms with E-state index in [1.807, 2.05) is 0 Å². The van der Waals surface area contributed by atoms with E-state index < -0.39 is 11.8 Å². The summed E-state index contributed by atoms with van der Waals surface area (Å²) in [4.78, 5) is 11.0. The fourth-order valence-electron chi connectivity index (χ4n) is 2.77. The summed E-state index contributed by atoms with van der Waals surface area (Å²) in [5.41, 5.74) is 5.96. The van der Waals surface area contributed by atoms with Gasteiger partial charge in [0.2, 0.25) is 0 Å². The number of hydrogen-bond acceptors (Lipinski definition) is 3. The van der Waals surface area contributed by atoms with Crippen molar-refractivity contribution in [1.82, 2.24) is 0 Å². The molecule has 0 aliphatic heterocycles. The van der Waals surface area contributed by atoms with Crippen molar-refractivity contribution in [2.75, 3.05) is 17.6 Å². The molecule has 4 N–H and O–H groups in total. The molecule has 19 heavy (non-hydrogen) atoms. The zero-order valence-corrected chi connectivity index (χ0v) is 10.6. The van der Waals surface area contributed by atoms with E-state index in [9.17, 15) is 9.18 Å². The number of carboxylic acids is 1. The number of anilines is 2. The lowest BCUT2D eigenvalue weighted by Crippen LogP contribution is -2.18. The summed E-state index contributed by atoms with van der Waals surface area (Å²) < 4.78 is 13.8. The van der Waals surface area contributed by atoms with E-state index >= 15 is 0 Å². The normalized spacial score (nSPS) is 20.1. The van der Waals surface area contributed by atoms with Crippen LogP contribution in [0, 0.1) is 17.2 Å². The second-order valence-corrected chi connectivity index (χ2v) is 5.71. The lowest BCUT2D eigenvalue weighted by molar-refractivity contribution is 0.0698. The van der Waals surface area contributed by atoms with E-state index in [0.29, 0.717) is 5.41 Å². The number of aromatic carboxylic acids is 1. The van der Waals surface area contributed by atoms with Crippen LogP contribution in [0.2, 0.25) is 0 Å². The van der Waals surface area contributed by atoms with Gasteiger partial charge in [-0.1, -0.05) is 0 Å². The van der Waals surface area contributed by atoms with Gasteiger partial charge in [-0.25, -0.2) is 9.18 Å². The number of rotatable bonds is 5. The SMILES string of the molecule is Nc1cc(F)c(NCC2(C3CC3)CC2)cc1C(=O)O. The van der Waals surface area contributed by atoms with Gasteiger partial charge in [0.05, 0.1) is 11.3 Å². The van der Waals surface area contributed by atoms with Crippen LogP contribution in [0.3, 0.4) is 0 Å². The summed E-state index contributed by atoms with van der Waals surface area (Å²) in [6, 6.07) is 2.36. The van der Waals surface area contributed by atoms with Crippen molar-refractivity contribution in [1.29, 1.82) is 0 Å². The van der Waals surface area contributed by atoms with E-state index in [1.165, 1.54) is 31.7 Å². The van der Waals surface area contributed by atoms with Crippen LogP contribution in [-0.4, -0.2) is 17.6 Å². The number of hydrogen-bond donors (Lipinski definition) is 3. The highest BCUT2D eigenvalue weighted by Gasteiger charge is 2.53. The molecule has 0 aromatic heterocycles. The quantitative estimate of drug-likeness (QED) is 0.715. The molecule has 0 amide bonds. The molecule has 1 aromatic carbocycles. The van der Waals surface area contributed by atoms with Crippen LogP contribution >= 0.6 is 0 Å². The Labute approximate surface area is 110 Å². The van der Waals surface area contributed by atoms with Crippen LogP contribution in [0.25, 0.3) is 0 Å². The molecule has 4 nitrogen and oxygen atoms in total. The minimum Gasteiger partial charge on any atom is -0.478 e. The molecule has 2 aliphatic rings. The Morgan fingerprint density at radius 2 is 2.16 bits per heavy atom. The first kappa shape index (κ1) is 12.3. The van der Waals surface area contributed by atoms with Crippen molar-refractivity contribution in [3.63, 3.8) is 0 Å². The Kier molecular flexibility index (Phi) is 2.66. The molecule has 5 heteroatoms. The highest BCUT2D eigenvalue weighted by atomic mass is 19.1. The van der Waals surface area contributed by atoms with E-state index in [-0.39, 0.29) is 16.9 Å². The molecule has 2 saturated carbocycles. The maximum absolute atomic E-state index is 13.8. The number of halogens is 1. The summed E-state index contributed by atoms with van der Waals surface area (Å²) >= 11 is 0. The Bertz CT molecular complexity index is 536. The van der Waals surface area contributed by atoms with Crippen molar-refractivity contribution in [3.8, 4) is 0 Å². The monoisotopic (exact) mass is 264 g/mol. The minimum atomic E-state index is -1.14. The Morgan fingerprint density at radius 3 is 2.68 bits per heavy atom. The van der Waals surface area contributed by atoms with Gasteiger partial charge < -0.3 is 16.2 Å². The molecule has 0 spiro atoms. The van der Waals surface area contributed by atoms with Gasteiger partial charge >= 0.3 is 5.97 Å². The summed E-state index contributed by atoms with van der Waals surface area (Å²) in [5, 5.41) is 12.1. The molecule has 2 fully saturated rings. The highest BCUT2D eigenvalue weighted by molar-refractivity contribution is 5.94. The van der Waals surface area contributed by atoms with Gasteiger partial charge in [-0.05, 0) is 49.1 Å². The standard InChI is InChI=1S/C14H17FN2O2/c15-10-6-11(16)9(13(18)19)5-12(10)17-7-14(3-4-14)8-1-2-8/h5-6,8,17H,1-4,7,16H2,(H,18,19). The molecule has 0 atom stereocenters. The summed E-state index contributed by atoms with van der Waals surface area (Å²) in [6.45, 7) is 0.720. The molecule has 0 bridgehead atoms. The van der Waals surface area contributed by atoms with Crippen LogP contribution in [0.1, 0.15) is 36.0 Å². The predicted molar refractivity (Wildman–Crippen MR) is 70.7 cm³/mol. The van der Waals surface area contributed by atoms with Gasteiger partial charge in [0.15, 0.2) is 0 Å². The number of carboxylic acid groups (broad SMARTS) is 1. The van der Waals surface area contributed by atoms with Gasteiger partial charge in [-0.2, -0.15) is 0 Å². The number of carbonyl (C=O) groups is 1. The predicted octanol–water partition coefficient (Wildman–Crippen LogP) is 2.71. The van der Waals surface area contributed by atoms with Crippen molar-refractivity contribution in [3.05, 3.63) is 23.5 Å². The third-order valence-electron chi connectivity index (χ3n) is 4.34. The van der Waals surface area contributed by atoms with Gasteiger partial charge in [0, 0.05) is 12.2 Å². The van der Waals surface area contributed by atoms with Gasteiger partial charge in [-0.15, -0.1) is 0 Å². The zero-order valence-electron chi connectivity index (χ0n) is 10.6. The third kappa shape index (κ3) is 2.25. The number of benzene rings is 1. The maximum atomic E-state index is 13.8. The summed E-state index contributed by atoms with van der Waals surface area (Å²) in [7, 11) is 0. The Hall–Kier alpha value is -1.78. The lowest BCUT2D eigenvalue weighted by atomic mass is 10.0. The minimum absolute atomic E-state index is 0.0427. The van der Waals surface area contributed by atoms with E-state index in [1.54, 1.807) is 0 Å².